The van der Waals surface area contributed by atoms with E-state index in [1.54, 1.807) is 6.07 Å². The van der Waals surface area contributed by atoms with Gasteiger partial charge in [-0.1, -0.05) is 6.42 Å². The van der Waals surface area contributed by atoms with E-state index in [1.807, 2.05) is 32.9 Å². The molecule has 2 aliphatic rings. The minimum atomic E-state index is -0.0879. The molecule has 2 fully saturated rings. The van der Waals surface area contributed by atoms with Crippen LogP contribution in [0.15, 0.2) is 18.2 Å². The zero-order valence-electron chi connectivity index (χ0n) is 16.0. The van der Waals surface area contributed by atoms with E-state index in [0.717, 1.165) is 36.9 Å². The molecule has 2 saturated carbocycles. The Labute approximate surface area is 156 Å². The van der Waals surface area contributed by atoms with Gasteiger partial charge in [-0.2, -0.15) is 0 Å². The summed E-state index contributed by atoms with van der Waals surface area (Å²) in [5.41, 5.74) is 8.64. The van der Waals surface area contributed by atoms with Gasteiger partial charge in [-0.15, -0.1) is 0 Å². The third-order valence-electron chi connectivity index (χ3n) is 5.95. The number of nitrogens with one attached hydrogen (secondary N) is 2. The molecular formula is C21H31N3O2. The zero-order chi connectivity index (χ0) is 18.8. The summed E-state index contributed by atoms with van der Waals surface area (Å²) in [4.78, 5) is 24.9. The Hall–Kier alpha value is -1.88. The van der Waals surface area contributed by atoms with E-state index >= 15 is 0 Å². The zero-order valence-corrected chi connectivity index (χ0v) is 16.0. The molecule has 2 unspecified atom stereocenters. The molecule has 2 atom stereocenters. The maximum absolute atomic E-state index is 12.8. The minimum Gasteiger partial charge on any atom is -0.350 e. The van der Waals surface area contributed by atoms with Crippen molar-refractivity contribution in [2.24, 2.45) is 23.5 Å². The van der Waals surface area contributed by atoms with Gasteiger partial charge in [0.15, 0.2) is 0 Å². The highest BCUT2D eigenvalue weighted by atomic mass is 16.2. The third kappa shape index (κ3) is 4.09. The standard InChI is InChI=1S/C21H31N3O2/c1-12(2)23-20(25)16-7-8-18(13(3)9-16)24-21(26)17-10-14-5-4-6-15(11-17)19(14)22/h7-9,12,14-15,17,19H,4-6,10-11,22H2,1-3H3,(H,23,25)(H,24,26). The van der Waals surface area contributed by atoms with Crippen molar-refractivity contribution in [2.45, 2.75) is 65.0 Å². The molecule has 0 aromatic heterocycles. The summed E-state index contributed by atoms with van der Waals surface area (Å²) in [6.07, 6.45) is 5.35. The number of hydrogen-bond acceptors (Lipinski definition) is 3. The Bertz CT molecular complexity index is 672. The van der Waals surface area contributed by atoms with E-state index in [9.17, 15) is 9.59 Å². The monoisotopic (exact) mass is 357 g/mol. The van der Waals surface area contributed by atoms with Gasteiger partial charge in [-0.05, 0) is 82.1 Å². The van der Waals surface area contributed by atoms with Crippen LogP contribution in [0.3, 0.4) is 0 Å². The molecule has 4 N–H and O–H groups in total. The first kappa shape index (κ1) is 18.9. The lowest BCUT2D eigenvalue weighted by Gasteiger charge is -2.43. The van der Waals surface area contributed by atoms with Gasteiger partial charge < -0.3 is 16.4 Å². The number of benzene rings is 1. The maximum Gasteiger partial charge on any atom is 0.251 e. The van der Waals surface area contributed by atoms with Gasteiger partial charge in [0.05, 0.1) is 0 Å². The normalized spacial score (nSPS) is 27.9. The number of carbonyl (C=O) groups excluding carboxylic acids is 2. The second kappa shape index (κ2) is 7.78. The Morgan fingerprint density at radius 2 is 1.81 bits per heavy atom. The van der Waals surface area contributed by atoms with Gasteiger partial charge in [0.2, 0.25) is 5.91 Å². The summed E-state index contributed by atoms with van der Waals surface area (Å²) in [5, 5.41) is 5.97. The van der Waals surface area contributed by atoms with E-state index in [2.05, 4.69) is 10.6 Å². The number of aryl methyl sites for hydroxylation is 1. The highest BCUT2D eigenvalue weighted by molar-refractivity contribution is 5.97. The van der Waals surface area contributed by atoms with Crippen molar-refractivity contribution < 1.29 is 9.59 Å². The van der Waals surface area contributed by atoms with Crippen LogP contribution in [0.5, 0.6) is 0 Å². The van der Waals surface area contributed by atoms with Crippen LogP contribution >= 0.6 is 0 Å². The molecule has 5 heteroatoms. The molecule has 0 heterocycles. The van der Waals surface area contributed by atoms with Crippen LogP contribution in [0, 0.1) is 24.7 Å². The van der Waals surface area contributed by atoms with Gasteiger partial charge in [0.25, 0.3) is 5.91 Å². The molecule has 0 aliphatic heterocycles. The van der Waals surface area contributed by atoms with Crippen LogP contribution in [0.1, 0.15) is 61.9 Å². The van der Waals surface area contributed by atoms with Crippen LogP contribution in [-0.4, -0.2) is 23.9 Å². The molecule has 5 nitrogen and oxygen atoms in total. The first-order valence-electron chi connectivity index (χ1n) is 9.83. The van der Waals surface area contributed by atoms with Crippen molar-refractivity contribution in [3.8, 4) is 0 Å². The lowest BCUT2D eigenvalue weighted by atomic mass is 9.65. The molecule has 2 aliphatic carbocycles. The molecule has 0 saturated heterocycles. The molecule has 142 valence electrons. The quantitative estimate of drug-likeness (QED) is 0.773. The van der Waals surface area contributed by atoms with Gasteiger partial charge in [-0.3, -0.25) is 9.59 Å². The van der Waals surface area contributed by atoms with E-state index in [-0.39, 0.29) is 29.8 Å². The van der Waals surface area contributed by atoms with Crippen LogP contribution in [0.25, 0.3) is 0 Å². The largest absolute Gasteiger partial charge is 0.350 e. The Morgan fingerprint density at radius 1 is 1.15 bits per heavy atom. The molecular weight excluding hydrogens is 326 g/mol. The summed E-state index contributed by atoms with van der Waals surface area (Å²) in [5.74, 6) is 1.03. The van der Waals surface area contributed by atoms with Gasteiger partial charge in [-0.25, -0.2) is 0 Å². The summed E-state index contributed by atoms with van der Waals surface area (Å²) in [6, 6.07) is 5.80. The number of nitrogens with two attached hydrogens (primary N) is 1. The number of anilines is 1. The van der Waals surface area contributed by atoms with Crippen molar-refractivity contribution in [1.29, 1.82) is 0 Å². The molecule has 0 radical (unpaired) electrons. The topological polar surface area (TPSA) is 84.2 Å². The second-order valence-electron chi connectivity index (χ2n) is 8.34. The predicted octanol–water partition coefficient (Wildman–Crippen LogP) is 3.23. The molecule has 0 spiro atoms. The summed E-state index contributed by atoms with van der Waals surface area (Å²) in [6.45, 7) is 5.79. The van der Waals surface area contributed by atoms with Crippen molar-refractivity contribution in [2.75, 3.05) is 5.32 Å². The number of fused-ring (bicyclic) bond motifs is 2. The van der Waals surface area contributed by atoms with Crippen molar-refractivity contribution in [1.82, 2.24) is 5.32 Å². The van der Waals surface area contributed by atoms with Crippen LogP contribution in [0.4, 0.5) is 5.69 Å². The van der Waals surface area contributed by atoms with Crippen molar-refractivity contribution in [3.63, 3.8) is 0 Å². The van der Waals surface area contributed by atoms with Crippen molar-refractivity contribution in [3.05, 3.63) is 29.3 Å². The average molecular weight is 357 g/mol. The molecule has 26 heavy (non-hydrogen) atoms. The fraction of sp³-hybridized carbons (Fsp3) is 0.619. The number of hydrogen-bond donors (Lipinski definition) is 3. The summed E-state index contributed by atoms with van der Waals surface area (Å²) in [7, 11) is 0. The Kier molecular flexibility index (Phi) is 5.66. The van der Waals surface area contributed by atoms with E-state index in [1.165, 1.54) is 6.42 Å². The summed E-state index contributed by atoms with van der Waals surface area (Å²) >= 11 is 0. The lowest BCUT2D eigenvalue weighted by Crippen LogP contribution is -2.48. The lowest BCUT2D eigenvalue weighted by molar-refractivity contribution is -0.122. The molecule has 1 aromatic carbocycles. The van der Waals surface area contributed by atoms with Crippen LogP contribution in [0.2, 0.25) is 0 Å². The van der Waals surface area contributed by atoms with Crippen molar-refractivity contribution >= 4 is 17.5 Å². The number of rotatable bonds is 4. The minimum absolute atomic E-state index is 0.0495. The Balaban J connectivity index is 1.65. The average Bonchev–Trinajstić information content (AvgIpc) is 2.55. The molecule has 2 amide bonds. The predicted molar refractivity (Wildman–Crippen MR) is 104 cm³/mol. The van der Waals surface area contributed by atoms with Gasteiger partial charge in [0, 0.05) is 29.3 Å². The molecule has 1 aromatic rings. The molecule has 2 bridgehead atoms. The van der Waals surface area contributed by atoms with Gasteiger partial charge in [0.1, 0.15) is 0 Å². The van der Waals surface area contributed by atoms with E-state index in [0.29, 0.717) is 17.4 Å². The maximum atomic E-state index is 12.8. The first-order chi connectivity index (χ1) is 12.3. The fourth-order valence-electron chi connectivity index (χ4n) is 4.53. The number of amides is 2. The van der Waals surface area contributed by atoms with Crippen LogP contribution < -0.4 is 16.4 Å². The fourth-order valence-corrected chi connectivity index (χ4v) is 4.53. The second-order valence-corrected chi connectivity index (χ2v) is 8.34. The SMILES string of the molecule is Cc1cc(C(=O)NC(C)C)ccc1NC(=O)C1CC2CCCC(C1)C2N. The first-order valence-corrected chi connectivity index (χ1v) is 9.83. The molecule has 3 rings (SSSR count). The highest BCUT2D eigenvalue weighted by Gasteiger charge is 2.40. The smallest absolute Gasteiger partial charge is 0.251 e. The summed E-state index contributed by atoms with van der Waals surface area (Å²) < 4.78 is 0. The van der Waals surface area contributed by atoms with E-state index < -0.39 is 0 Å². The van der Waals surface area contributed by atoms with E-state index in [4.69, 9.17) is 5.73 Å². The highest BCUT2D eigenvalue weighted by Crippen LogP contribution is 2.42. The number of carbonyl (C=O) groups is 2. The Morgan fingerprint density at radius 3 is 2.38 bits per heavy atom. The van der Waals surface area contributed by atoms with Crippen LogP contribution in [-0.2, 0) is 4.79 Å². The third-order valence-corrected chi connectivity index (χ3v) is 5.95. The van der Waals surface area contributed by atoms with Gasteiger partial charge >= 0.3 is 0 Å².